The molecule has 0 bridgehead atoms. The number of ether oxygens (including phenoxy) is 1. The van der Waals surface area contributed by atoms with Gasteiger partial charge in [-0.1, -0.05) is 6.42 Å². The zero-order valence-electron chi connectivity index (χ0n) is 12.7. The molecule has 124 valence electrons. The molecule has 0 aliphatic heterocycles. The summed E-state index contributed by atoms with van der Waals surface area (Å²) in [6.07, 6.45) is 7.86. The summed E-state index contributed by atoms with van der Waals surface area (Å²) >= 11 is 0. The smallest absolute Gasteiger partial charge is 0.387 e. The Morgan fingerprint density at radius 1 is 1.26 bits per heavy atom. The molecule has 3 rings (SSSR count). The molecule has 1 aliphatic carbocycles. The lowest BCUT2D eigenvalue weighted by molar-refractivity contribution is -0.0498. The van der Waals surface area contributed by atoms with Gasteiger partial charge in [0.1, 0.15) is 11.6 Å². The van der Waals surface area contributed by atoms with Crippen LogP contribution in [0.1, 0.15) is 31.7 Å². The molecule has 1 aliphatic rings. The van der Waals surface area contributed by atoms with Gasteiger partial charge in [0.25, 0.3) is 0 Å². The molecule has 1 fully saturated rings. The lowest BCUT2D eigenvalue weighted by atomic mass is 9.86. The lowest BCUT2D eigenvalue weighted by Crippen LogP contribution is -2.21. The van der Waals surface area contributed by atoms with Crippen molar-refractivity contribution in [3.05, 3.63) is 36.7 Å². The third-order valence-electron chi connectivity index (χ3n) is 4.41. The highest BCUT2D eigenvalue weighted by atomic mass is 19.3. The van der Waals surface area contributed by atoms with Crippen molar-refractivity contribution in [3.63, 3.8) is 0 Å². The summed E-state index contributed by atoms with van der Waals surface area (Å²) in [4.78, 5) is 4.41. The van der Waals surface area contributed by atoms with E-state index in [0.717, 1.165) is 37.1 Å². The first-order valence-corrected chi connectivity index (χ1v) is 7.86. The van der Waals surface area contributed by atoms with Crippen LogP contribution in [0.2, 0.25) is 0 Å². The van der Waals surface area contributed by atoms with Crippen molar-refractivity contribution in [2.45, 2.75) is 38.3 Å². The zero-order chi connectivity index (χ0) is 16.2. The molecule has 0 spiro atoms. The highest BCUT2D eigenvalue weighted by Crippen LogP contribution is 2.35. The van der Waals surface area contributed by atoms with E-state index in [0.29, 0.717) is 12.0 Å². The molecular weight excluding hydrogens is 302 g/mol. The van der Waals surface area contributed by atoms with Crippen molar-refractivity contribution >= 4 is 0 Å². The Morgan fingerprint density at radius 3 is 2.74 bits per heavy atom. The normalized spacial score (nSPS) is 21.6. The van der Waals surface area contributed by atoms with Gasteiger partial charge in [-0.05, 0) is 49.4 Å². The van der Waals surface area contributed by atoms with E-state index in [1.807, 2.05) is 6.20 Å². The van der Waals surface area contributed by atoms with E-state index in [9.17, 15) is 13.9 Å². The highest BCUT2D eigenvalue weighted by Gasteiger charge is 2.24. The van der Waals surface area contributed by atoms with Gasteiger partial charge < -0.3 is 14.4 Å². The molecule has 2 atom stereocenters. The molecule has 0 amide bonds. The Morgan fingerprint density at radius 2 is 2.04 bits per heavy atom. The number of benzene rings is 1. The predicted molar refractivity (Wildman–Crippen MR) is 82.4 cm³/mol. The Labute approximate surface area is 133 Å². The third kappa shape index (κ3) is 3.69. The molecule has 0 saturated heterocycles. The van der Waals surface area contributed by atoms with Gasteiger partial charge in [-0.25, -0.2) is 4.98 Å². The molecule has 23 heavy (non-hydrogen) atoms. The van der Waals surface area contributed by atoms with Crippen molar-refractivity contribution in [3.8, 4) is 17.1 Å². The number of aliphatic hydroxyl groups is 1. The molecule has 1 heterocycles. The average Bonchev–Trinajstić information content (AvgIpc) is 3.05. The van der Waals surface area contributed by atoms with Gasteiger partial charge >= 0.3 is 6.61 Å². The van der Waals surface area contributed by atoms with E-state index < -0.39 is 6.61 Å². The number of imidazole rings is 1. The topological polar surface area (TPSA) is 47.3 Å². The van der Waals surface area contributed by atoms with Crippen LogP contribution < -0.4 is 4.74 Å². The van der Waals surface area contributed by atoms with Crippen LogP contribution in [0.5, 0.6) is 5.75 Å². The third-order valence-corrected chi connectivity index (χ3v) is 4.41. The fourth-order valence-corrected chi connectivity index (χ4v) is 3.30. The Hall–Kier alpha value is -1.95. The fraction of sp³-hybridized carbons (Fsp3) is 0.471. The summed E-state index contributed by atoms with van der Waals surface area (Å²) in [5.41, 5.74) is 0.864. The maximum Gasteiger partial charge on any atom is 0.387 e. The summed E-state index contributed by atoms with van der Waals surface area (Å²) < 4.78 is 30.9. The van der Waals surface area contributed by atoms with E-state index in [-0.39, 0.29) is 12.4 Å². The minimum absolute atomic E-state index is 0.139. The van der Waals surface area contributed by atoms with Crippen LogP contribution in [-0.2, 0) is 0 Å². The van der Waals surface area contributed by atoms with Gasteiger partial charge in [-0.15, -0.1) is 0 Å². The van der Waals surface area contributed by atoms with Gasteiger partial charge in [0.15, 0.2) is 0 Å². The first kappa shape index (κ1) is 15.9. The van der Waals surface area contributed by atoms with Gasteiger partial charge in [-0.3, -0.25) is 0 Å². The Kier molecular flexibility index (Phi) is 4.91. The van der Waals surface area contributed by atoms with Crippen molar-refractivity contribution in [2.75, 3.05) is 6.61 Å². The summed E-state index contributed by atoms with van der Waals surface area (Å²) in [5.74, 6) is 1.29. The summed E-state index contributed by atoms with van der Waals surface area (Å²) in [6, 6.07) is 6.84. The number of alkyl halides is 2. The molecule has 0 unspecified atom stereocenters. The van der Waals surface area contributed by atoms with Crippen LogP contribution in [0.25, 0.3) is 11.4 Å². The number of halogens is 2. The van der Waals surface area contributed by atoms with Crippen LogP contribution >= 0.6 is 0 Å². The van der Waals surface area contributed by atoms with Gasteiger partial charge in [0.05, 0.1) is 0 Å². The minimum atomic E-state index is -2.82. The second-order valence-electron chi connectivity index (χ2n) is 5.93. The van der Waals surface area contributed by atoms with Crippen LogP contribution in [0, 0.1) is 5.92 Å². The number of rotatable bonds is 5. The SMILES string of the molecule is OC[C@@H]1CCC[C@@H](n2ccnc2-c2ccc(OC(F)F)cc2)C1. The van der Waals surface area contributed by atoms with E-state index in [4.69, 9.17) is 0 Å². The second kappa shape index (κ2) is 7.08. The number of aromatic nitrogens is 2. The molecule has 1 aromatic heterocycles. The standard InChI is InChI=1S/C17H20F2N2O2/c18-17(19)23-15-6-4-13(5-7-15)16-20-8-9-21(16)14-3-1-2-12(10-14)11-22/h4-9,12,14,17,22H,1-3,10-11H2/t12-,14-/m1/s1. The molecule has 0 radical (unpaired) electrons. The van der Waals surface area contributed by atoms with Crippen LogP contribution in [0.4, 0.5) is 8.78 Å². The monoisotopic (exact) mass is 322 g/mol. The minimum Gasteiger partial charge on any atom is -0.435 e. The maximum atomic E-state index is 12.2. The maximum absolute atomic E-state index is 12.2. The number of hydrogen-bond donors (Lipinski definition) is 1. The van der Waals surface area contributed by atoms with Crippen LogP contribution in [0.15, 0.2) is 36.7 Å². The van der Waals surface area contributed by atoms with Gasteiger partial charge in [0.2, 0.25) is 0 Å². The quantitative estimate of drug-likeness (QED) is 0.909. The predicted octanol–water partition coefficient (Wildman–Crippen LogP) is 3.88. The Bertz CT molecular complexity index is 628. The summed E-state index contributed by atoms with van der Waals surface area (Å²) in [7, 11) is 0. The van der Waals surface area contributed by atoms with E-state index in [1.165, 1.54) is 12.1 Å². The average molecular weight is 322 g/mol. The molecule has 2 aromatic rings. The van der Waals surface area contributed by atoms with Gasteiger partial charge in [-0.2, -0.15) is 8.78 Å². The van der Waals surface area contributed by atoms with Crippen LogP contribution in [-0.4, -0.2) is 27.9 Å². The van der Waals surface area contributed by atoms with E-state index in [2.05, 4.69) is 14.3 Å². The first-order valence-electron chi connectivity index (χ1n) is 7.86. The summed E-state index contributed by atoms with van der Waals surface area (Å²) in [6.45, 7) is -2.60. The molecular formula is C17H20F2N2O2. The first-order chi connectivity index (χ1) is 11.2. The molecule has 1 saturated carbocycles. The van der Waals surface area contributed by atoms with Gasteiger partial charge in [0, 0.05) is 30.6 Å². The molecule has 1 N–H and O–H groups in total. The van der Waals surface area contributed by atoms with Crippen molar-refractivity contribution in [1.82, 2.24) is 9.55 Å². The van der Waals surface area contributed by atoms with Crippen LogP contribution in [0.3, 0.4) is 0 Å². The number of nitrogens with zero attached hydrogens (tertiary/aromatic N) is 2. The van der Waals surface area contributed by atoms with E-state index in [1.54, 1.807) is 18.3 Å². The fourth-order valence-electron chi connectivity index (χ4n) is 3.30. The lowest BCUT2D eigenvalue weighted by Gasteiger charge is -2.30. The highest BCUT2D eigenvalue weighted by molar-refractivity contribution is 5.57. The zero-order valence-corrected chi connectivity index (χ0v) is 12.7. The largest absolute Gasteiger partial charge is 0.435 e. The number of aliphatic hydroxyl groups excluding tert-OH is 1. The number of hydrogen-bond acceptors (Lipinski definition) is 3. The van der Waals surface area contributed by atoms with Crippen molar-refractivity contribution < 1.29 is 18.6 Å². The van der Waals surface area contributed by atoms with Crippen molar-refractivity contribution in [1.29, 1.82) is 0 Å². The van der Waals surface area contributed by atoms with E-state index >= 15 is 0 Å². The van der Waals surface area contributed by atoms with Crippen molar-refractivity contribution in [2.24, 2.45) is 5.92 Å². The molecule has 1 aromatic carbocycles. The molecule has 6 heteroatoms. The molecule has 4 nitrogen and oxygen atoms in total. The second-order valence-corrected chi connectivity index (χ2v) is 5.93. The summed E-state index contributed by atoms with van der Waals surface area (Å²) in [5, 5.41) is 9.40. The Balaban J connectivity index is 1.80.